The Labute approximate surface area is 101 Å². The maximum absolute atomic E-state index is 9.01. The van der Waals surface area contributed by atoms with E-state index in [2.05, 4.69) is 21.3 Å². The molecule has 1 aromatic rings. The van der Waals surface area contributed by atoms with Crippen LogP contribution in [0.4, 0.5) is 5.82 Å². The molecule has 0 radical (unpaired) electrons. The predicted molar refractivity (Wildman–Crippen MR) is 65.7 cm³/mol. The molecule has 1 saturated heterocycles. The molecule has 2 aliphatic rings. The number of hydrogen-bond donors (Lipinski definition) is 1. The number of pyridine rings is 1. The summed E-state index contributed by atoms with van der Waals surface area (Å²) in [4.78, 5) is 6.47. The molecule has 0 amide bonds. The van der Waals surface area contributed by atoms with Crippen LogP contribution < -0.4 is 10.2 Å². The van der Waals surface area contributed by atoms with E-state index < -0.39 is 0 Å². The van der Waals surface area contributed by atoms with Crippen LogP contribution in [-0.4, -0.2) is 30.2 Å². The van der Waals surface area contributed by atoms with Gasteiger partial charge in [0.1, 0.15) is 11.9 Å². The Balaban J connectivity index is 1.59. The van der Waals surface area contributed by atoms with Gasteiger partial charge in [-0.2, -0.15) is 5.26 Å². The first kappa shape index (κ1) is 10.5. The molecule has 17 heavy (non-hydrogen) atoms. The highest BCUT2D eigenvalue weighted by Crippen LogP contribution is 2.24. The van der Waals surface area contributed by atoms with Crippen molar-refractivity contribution in [3.63, 3.8) is 0 Å². The van der Waals surface area contributed by atoms with Gasteiger partial charge in [-0.3, -0.25) is 0 Å². The molecule has 1 aliphatic carbocycles. The number of anilines is 1. The van der Waals surface area contributed by atoms with Gasteiger partial charge in [0, 0.05) is 31.4 Å². The Kier molecular flexibility index (Phi) is 2.69. The first-order valence-electron chi connectivity index (χ1n) is 6.23. The fourth-order valence-electron chi connectivity index (χ4n) is 2.40. The Hall–Kier alpha value is -1.60. The minimum Gasteiger partial charge on any atom is -0.352 e. The van der Waals surface area contributed by atoms with E-state index in [0.717, 1.165) is 24.9 Å². The van der Waals surface area contributed by atoms with Gasteiger partial charge in [-0.25, -0.2) is 4.98 Å². The molecule has 2 heterocycles. The average molecular weight is 228 g/mol. The zero-order chi connectivity index (χ0) is 11.7. The van der Waals surface area contributed by atoms with Crippen LogP contribution in [0.15, 0.2) is 18.3 Å². The summed E-state index contributed by atoms with van der Waals surface area (Å²) in [5.41, 5.74) is 0.676. The van der Waals surface area contributed by atoms with Crippen molar-refractivity contribution >= 4 is 5.82 Å². The number of nitrogens with zero attached hydrogens (tertiary/aromatic N) is 3. The van der Waals surface area contributed by atoms with Gasteiger partial charge >= 0.3 is 0 Å². The lowest BCUT2D eigenvalue weighted by Gasteiger charge is -2.44. The first-order chi connectivity index (χ1) is 8.36. The van der Waals surface area contributed by atoms with Crippen molar-refractivity contribution in [2.45, 2.75) is 31.3 Å². The second kappa shape index (κ2) is 4.34. The van der Waals surface area contributed by atoms with E-state index in [1.54, 1.807) is 6.20 Å². The predicted octanol–water partition coefficient (Wildman–Crippen LogP) is 1.28. The lowest BCUT2D eigenvalue weighted by molar-refractivity contribution is 0.278. The number of nitriles is 1. The van der Waals surface area contributed by atoms with E-state index in [4.69, 9.17) is 5.26 Å². The smallest absolute Gasteiger partial charge is 0.146 e. The monoisotopic (exact) mass is 228 g/mol. The molecule has 0 aromatic carbocycles. The van der Waals surface area contributed by atoms with Crippen LogP contribution in [0.25, 0.3) is 0 Å². The summed E-state index contributed by atoms with van der Waals surface area (Å²) in [6, 6.07) is 7.15. The fraction of sp³-hybridized carbons (Fsp3) is 0.538. The van der Waals surface area contributed by atoms with E-state index >= 15 is 0 Å². The number of nitrogens with one attached hydrogen (secondary N) is 1. The number of aromatic nitrogens is 1. The molecule has 88 valence electrons. The van der Waals surface area contributed by atoms with Crippen LogP contribution in [0.2, 0.25) is 0 Å². The van der Waals surface area contributed by atoms with Gasteiger partial charge in [-0.15, -0.1) is 0 Å². The van der Waals surface area contributed by atoms with Gasteiger partial charge in [0.05, 0.1) is 5.56 Å². The van der Waals surface area contributed by atoms with Gasteiger partial charge in [-0.05, 0) is 25.0 Å². The summed E-state index contributed by atoms with van der Waals surface area (Å²) in [5.74, 6) is 0.835. The lowest BCUT2D eigenvalue weighted by Crippen LogP contribution is -2.61. The summed E-state index contributed by atoms with van der Waals surface area (Å²) in [6.07, 6.45) is 5.77. The van der Waals surface area contributed by atoms with Crippen LogP contribution in [-0.2, 0) is 0 Å². The van der Waals surface area contributed by atoms with Gasteiger partial charge in [0.15, 0.2) is 0 Å². The maximum atomic E-state index is 9.01. The van der Waals surface area contributed by atoms with Crippen LogP contribution >= 0.6 is 0 Å². The Morgan fingerprint density at radius 2 is 2.18 bits per heavy atom. The number of rotatable bonds is 3. The summed E-state index contributed by atoms with van der Waals surface area (Å²) in [5, 5.41) is 12.7. The highest BCUT2D eigenvalue weighted by atomic mass is 15.3. The van der Waals surface area contributed by atoms with Crippen LogP contribution in [0.5, 0.6) is 0 Å². The third-order valence-corrected chi connectivity index (χ3v) is 3.66. The van der Waals surface area contributed by atoms with Crippen molar-refractivity contribution in [1.82, 2.24) is 10.3 Å². The zero-order valence-electron chi connectivity index (χ0n) is 9.76. The topological polar surface area (TPSA) is 52.0 Å². The molecular weight excluding hydrogens is 212 g/mol. The Morgan fingerprint density at radius 1 is 1.35 bits per heavy atom. The van der Waals surface area contributed by atoms with Crippen LogP contribution in [0.1, 0.15) is 24.8 Å². The van der Waals surface area contributed by atoms with E-state index in [0.29, 0.717) is 11.6 Å². The highest BCUT2D eigenvalue weighted by molar-refractivity contribution is 5.55. The number of hydrogen-bond acceptors (Lipinski definition) is 4. The van der Waals surface area contributed by atoms with E-state index in [9.17, 15) is 0 Å². The van der Waals surface area contributed by atoms with Crippen molar-refractivity contribution in [2.75, 3.05) is 18.0 Å². The quantitative estimate of drug-likeness (QED) is 0.847. The van der Waals surface area contributed by atoms with Crippen LogP contribution in [0.3, 0.4) is 0 Å². The molecule has 3 rings (SSSR count). The molecule has 0 bridgehead atoms. The third kappa shape index (κ3) is 1.98. The molecule has 0 unspecified atom stereocenters. The largest absolute Gasteiger partial charge is 0.352 e. The van der Waals surface area contributed by atoms with Gasteiger partial charge in [0.2, 0.25) is 0 Å². The molecule has 2 fully saturated rings. The highest BCUT2D eigenvalue weighted by Gasteiger charge is 2.31. The summed E-state index contributed by atoms with van der Waals surface area (Å²) >= 11 is 0. The minimum atomic E-state index is 0.578. The molecule has 0 spiro atoms. The first-order valence-corrected chi connectivity index (χ1v) is 6.23. The third-order valence-electron chi connectivity index (χ3n) is 3.66. The standard InChI is InChI=1S/C13H16N4/c14-7-10-3-2-6-15-13(10)17-8-12(9-17)16-11-4-1-5-11/h2-3,6,11-12,16H,1,4-5,8-9H2. The SMILES string of the molecule is N#Cc1cccnc1N1CC(NC2CCC2)C1. The molecule has 1 saturated carbocycles. The fourth-order valence-corrected chi connectivity index (χ4v) is 2.40. The molecule has 0 atom stereocenters. The molecule has 1 N–H and O–H groups in total. The van der Waals surface area contributed by atoms with Crippen LogP contribution in [0, 0.1) is 11.3 Å². The van der Waals surface area contributed by atoms with Crippen molar-refractivity contribution < 1.29 is 0 Å². The van der Waals surface area contributed by atoms with Gasteiger partial charge in [0.25, 0.3) is 0 Å². The lowest BCUT2D eigenvalue weighted by atomic mass is 9.91. The summed E-state index contributed by atoms with van der Waals surface area (Å²) < 4.78 is 0. The maximum Gasteiger partial charge on any atom is 0.146 e. The zero-order valence-corrected chi connectivity index (χ0v) is 9.76. The van der Waals surface area contributed by atoms with E-state index in [1.165, 1.54) is 19.3 Å². The van der Waals surface area contributed by atoms with E-state index in [1.807, 2.05) is 12.1 Å². The normalized spacial score (nSPS) is 20.5. The van der Waals surface area contributed by atoms with Gasteiger partial charge < -0.3 is 10.2 Å². The Bertz CT molecular complexity index is 441. The average Bonchev–Trinajstić information content (AvgIpc) is 2.25. The summed E-state index contributed by atoms with van der Waals surface area (Å²) in [7, 11) is 0. The van der Waals surface area contributed by atoms with Crippen molar-refractivity contribution in [1.29, 1.82) is 5.26 Å². The molecule has 1 aromatic heterocycles. The van der Waals surface area contributed by atoms with E-state index in [-0.39, 0.29) is 0 Å². The second-order valence-corrected chi connectivity index (χ2v) is 4.88. The molecule has 4 nitrogen and oxygen atoms in total. The van der Waals surface area contributed by atoms with Crippen molar-refractivity contribution in [3.05, 3.63) is 23.9 Å². The molecule has 1 aliphatic heterocycles. The van der Waals surface area contributed by atoms with Crippen molar-refractivity contribution in [2.24, 2.45) is 0 Å². The second-order valence-electron chi connectivity index (χ2n) is 4.88. The molecular formula is C13H16N4. The molecule has 4 heteroatoms. The minimum absolute atomic E-state index is 0.578. The van der Waals surface area contributed by atoms with Crippen molar-refractivity contribution in [3.8, 4) is 6.07 Å². The van der Waals surface area contributed by atoms with Gasteiger partial charge in [-0.1, -0.05) is 6.42 Å². The summed E-state index contributed by atoms with van der Waals surface area (Å²) in [6.45, 7) is 1.95. The Morgan fingerprint density at radius 3 is 2.82 bits per heavy atom.